The van der Waals surface area contributed by atoms with Crippen molar-refractivity contribution in [3.63, 3.8) is 0 Å². The first kappa shape index (κ1) is 18.9. The molecule has 1 atom stereocenters. The number of carbonyl (C=O) groups is 1. The van der Waals surface area contributed by atoms with E-state index in [2.05, 4.69) is 27.1 Å². The van der Waals surface area contributed by atoms with Gasteiger partial charge in [0.1, 0.15) is 23.0 Å². The smallest absolute Gasteiger partial charge is 0.234 e. The summed E-state index contributed by atoms with van der Waals surface area (Å²) in [6.07, 6.45) is 5.09. The van der Waals surface area contributed by atoms with Crippen molar-refractivity contribution in [1.29, 1.82) is 0 Å². The Hall–Kier alpha value is -1.86. The molecule has 1 N–H and O–H groups in total. The molecule has 1 amide bonds. The molecule has 1 fully saturated rings. The SMILES string of the molecule is C[C@@H]1CCCCN1c1cc(SCC(=O)Nc2cc(F)ccc2Cl)ncn1. The third kappa shape index (κ3) is 4.86. The van der Waals surface area contributed by atoms with E-state index in [9.17, 15) is 9.18 Å². The first-order chi connectivity index (χ1) is 12.5. The second-order valence-electron chi connectivity index (χ2n) is 6.21. The van der Waals surface area contributed by atoms with Crippen LogP contribution in [0.5, 0.6) is 0 Å². The second kappa shape index (κ2) is 8.68. The molecule has 138 valence electrons. The predicted molar refractivity (Wildman–Crippen MR) is 103 cm³/mol. The van der Waals surface area contributed by atoms with E-state index in [4.69, 9.17) is 11.6 Å². The van der Waals surface area contributed by atoms with Crippen molar-refractivity contribution in [3.05, 3.63) is 41.4 Å². The molecule has 1 saturated heterocycles. The lowest BCUT2D eigenvalue weighted by molar-refractivity contribution is -0.113. The third-order valence-corrected chi connectivity index (χ3v) is 5.53. The molecule has 0 aliphatic carbocycles. The summed E-state index contributed by atoms with van der Waals surface area (Å²) < 4.78 is 13.3. The van der Waals surface area contributed by atoms with E-state index in [-0.39, 0.29) is 17.3 Å². The maximum Gasteiger partial charge on any atom is 0.234 e. The summed E-state index contributed by atoms with van der Waals surface area (Å²) in [4.78, 5) is 23.0. The van der Waals surface area contributed by atoms with Crippen LogP contribution in [0, 0.1) is 5.82 Å². The van der Waals surface area contributed by atoms with Gasteiger partial charge in [-0.25, -0.2) is 14.4 Å². The largest absolute Gasteiger partial charge is 0.354 e. The number of nitrogens with zero attached hydrogens (tertiary/aromatic N) is 3. The zero-order chi connectivity index (χ0) is 18.5. The van der Waals surface area contributed by atoms with Gasteiger partial charge in [0.2, 0.25) is 5.91 Å². The van der Waals surface area contributed by atoms with E-state index in [0.29, 0.717) is 11.1 Å². The van der Waals surface area contributed by atoms with Gasteiger partial charge in [-0.05, 0) is 44.4 Å². The molecule has 0 unspecified atom stereocenters. The minimum absolute atomic E-state index is 0.152. The molecule has 1 aromatic carbocycles. The number of hydrogen-bond donors (Lipinski definition) is 1. The summed E-state index contributed by atoms with van der Waals surface area (Å²) in [5.74, 6) is 0.324. The van der Waals surface area contributed by atoms with E-state index in [0.717, 1.165) is 30.2 Å². The lowest BCUT2D eigenvalue weighted by atomic mass is 10.0. The third-order valence-electron chi connectivity index (χ3n) is 4.28. The molecule has 0 radical (unpaired) electrons. The van der Waals surface area contributed by atoms with Gasteiger partial charge in [-0.2, -0.15) is 0 Å². The Kier molecular flexibility index (Phi) is 6.32. The van der Waals surface area contributed by atoms with Crippen LogP contribution in [0.4, 0.5) is 15.9 Å². The predicted octanol–water partition coefficient (Wildman–Crippen LogP) is 4.38. The topological polar surface area (TPSA) is 58.1 Å². The number of anilines is 2. The number of aromatic nitrogens is 2. The molecule has 2 aromatic rings. The molecule has 1 aliphatic heterocycles. The number of nitrogens with one attached hydrogen (secondary N) is 1. The van der Waals surface area contributed by atoms with Crippen LogP contribution in [-0.2, 0) is 4.79 Å². The Labute approximate surface area is 161 Å². The lowest BCUT2D eigenvalue weighted by Crippen LogP contribution is -2.38. The molecular formula is C18H20ClFN4OS. The number of benzene rings is 1. The summed E-state index contributed by atoms with van der Waals surface area (Å²) in [6.45, 7) is 3.19. The van der Waals surface area contributed by atoms with Gasteiger partial charge in [-0.1, -0.05) is 23.4 Å². The lowest BCUT2D eigenvalue weighted by Gasteiger charge is -2.34. The van der Waals surface area contributed by atoms with E-state index in [1.165, 1.54) is 42.7 Å². The highest BCUT2D eigenvalue weighted by molar-refractivity contribution is 7.99. The molecule has 26 heavy (non-hydrogen) atoms. The number of hydrogen-bond acceptors (Lipinski definition) is 5. The van der Waals surface area contributed by atoms with Crippen molar-refractivity contribution >= 4 is 40.8 Å². The van der Waals surface area contributed by atoms with Gasteiger partial charge in [0.25, 0.3) is 0 Å². The molecule has 2 heterocycles. The average molecular weight is 395 g/mol. The van der Waals surface area contributed by atoms with E-state index < -0.39 is 5.82 Å². The molecule has 0 bridgehead atoms. The summed E-state index contributed by atoms with van der Waals surface area (Å²) in [5, 5.41) is 3.65. The zero-order valence-corrected chi connectivity index (χ0v) is 16.0. The first-order valence-electron chi connectivity index (χ1n) is 8.49. The Morgan fingerprint density at radius 2 is 2.23 bits per heavy atom. The number of amides is 1. The van der Waals surface area contributed by atoms with Crippen molar-refractivity contribution in [3.8, 4) is 0 Å². The van der Waals surface area contributed by atoms with Crippen LogP contribution in [-0.4, -0.2) is 34.2 Å². The molecule has 0 spiro atoms. The first-order valence-corrected chi connectivity index (χ1v) is 9.85. The fourth-order valence-electron chi connectivity index (χ4n) is 2.92. The molecule has 3 rings (SSSR count). The molecular weight excluding hydrogens is 375 g/mol. The van der Waals surface area contributed by atoms with Crippen LogP contribution in [0.2, 0.25) is 5.02 Å². The number of halogens is 2. The van der Waals surface area contributed by atoms with Crippen LogP contribution in [0.3, 0.4) is 0 Å². The molecule has 1 aliphatic rings. The van der Waals surface area contributed by atoms with Crippen LogP contribution in [0.1, 0.15) is 26.2 Å². The maximum absolute atomic E-state index is 13.3. The fourth-order valence-corrected chi connectivity index (χ4v) is 3.75. The number of piperidine rings is 1. The highest BCUT2D eigenvalue weighted by Gasteiger charge is 2.20. The summed E-state index contributed by atoms with van der Waals surface area (Å²) in [6, 6.07) is 6.22. The number of carbonyl (C=O) groups excluding carboxylic acids is 1. The summed E-state index contributed by atoms with van der Waals surface area (Å²) >= 11 is 7.27. The van der Waals surface area contributed by atoms with Crippen molar-refractivity contribution in [2.45, 2.75) is 37.3 Å². The van der Waals surface area contributed by atoms with Gasteiger partial charge in [0.05, 0.1) is 16.5 Å². The normalized spacial score (nSPS) is 17.2. The van der Waals surface area contributed by atoms with Crippen LogP contribution < -0.4 is 10.2 Å². The zero-order valence-electron chi connectivity index (χ0n) is 14.4. The molecule has 1 aromatic heterocycles. The van der Waals surface area contributed by atoms with Crippen molar-refractivity contribution in [2.24, 2.45) is 0 Å². The standard InChI is InChI=1S/C18H20ClFN4OS/c1-12-4-2-3-7-24(12)16-9-18(22-11-21-16)26-10-17(25)23-15-8-13(20)5-6-14(15)19/h5-6,8-9,11-12H,2-4,7,10H2,1H3,(H,23,25)/t12-/m1/s1. The molecule has 8 heteroatoms. The van der Waals surface area contributed by atoms with Crippen LogP contribution in [0.15, 0.2) is 35.6 Å². The van der Waals surface area contributed by atoms with E-state index in [1.807, 2.05) is 6.07 Å². The summed E-state index contributed by atoms with van der Waals surface area (Å²) in [5.41, 5.74) is 0.266. The maximum atomic E-state index is 13.3. The van der Waals surface area contributed by atoms with E-state index in [1.54, 1.807) is 0 Å². The Morgan fingerprint density at radius 3 is 3.04 bits per heavy atom. The van der Waals surface area contributed by atoms with Gasteiger partial charge in [0, 0.05) is 18.7 Å². The van der Waals surface area contributed by atoms with Crippen LogP contribution >= 0.6 is 23.4 Å². The van der Waals surface area contributed by atoms with Crippen molar-refractivity contribution in [2.75, 3.05) is 22.5 Å². The molecule has 5 nitrogen and oxygen atoms in total. The highest BCUT2D eigenvalue weighted by atomic mass is 35.5. The quantitative estimate of drug-likeness (QED) is 0.602. The number of rotatable bonds is 5. The Balaban J connectivity index is 1.60. The van der Waals surface area contributed by atoms with Gasteiger partial charge < -0.3 is 10.2 Å². The van der Waals surface area contributed by atoms with Crippen LogP contribution in [0.25, 0.3) is 0 Å². The van der Waals surface area contributed by atoms with Gasteiger partial charge in [-0.3, -0.25) is 4.79 Å². The minimum Gasteiger partial charge on any atom is -0.354 e. The average Bonchev–Trinajstić information content (AvgIpc) is 2.64. The molecule has 0 saturated carbocycles. The summed E-state index contributed by atoms with van der Waals surface area (Å²) in [7, 11) is 0. The van der Waals surface area contributed by atoms with Gasteiger partial charge in [0.15, 0.2) is 0 Å². The Morgan fingerprint density at radius 1 is 1.38 bits per heavy atom. The van der Waals surface area contributed by atoms with E-state index >= 15 is 0 Å². The monoisotopic (exact) mass is 394 g/mol. The number of thioether (sulfide) groups is 1. The van der Waals surface area contributed by atoms with Crippen molar-refractivity contribution < 1.29 is 9.18 Å². The second-order valence-corrected chi connectivity index (χ2v) is 7.62. The van der Waals surface area contributed by atoms with Gasteiger partial charge in [-0.15, -0.1) is 0 Å². The minimum atomic E-state index is -0.451. The van der Waals surface area contributed by atoms with Crippen molar-refractivity contribution in [1.82, 2.24) is 9.97 Å². The Bertz CT molecular complexity index is 792. The van der Waals surface area contributed by atoms with Gasteiger partial charge >= 0.3 is 0 Å². The fraction of sp³-hybridized carbons (Fsp3) is 0.389. The highest BCUT2D eigenvalue weighted by Crippen LogP contribution is 2.26.